The van der Waals surface area contributed by atoms with Gasteiger partial charge in [0, 0.05) is 25.0 Å². The molecule has 0 unspecified atom stereocenters. The highest BCUT2D eigenvalue weighted by Gasteiger charge is 2.49. The Labute approximate surface area is 210 Å². The van der Waals surface area contributed by atoms with Gasteiger partial charge in [-0.05, 0) is 53.9 Å². The first-order valence-corrected chi connectivity index (χ1v) is 12.7. The number of nitrogens with zero attached hydrogens (tertiary/aromatic N) is 5. The molecule has 10 heteroatoms. The van der Waals surface area contributed by atoms with E-state index in [1.165, 1.54) is 7.11 Å². The summed E-state index contributed by atoms with van der Waals surface area (Å²) in [6, 6.07) is -0.591. The largest absolute Gasteiger partial charge is 0.467 e. The van der Waals surface area contributed by atoms with Crippen LogP contribution >= 0.6 is 0 Å². The van der Waals surface area contributed by atoms with Crippen LogP contribution in [0.4, 0.5) is 10.5 Å². The van der Waals surface area contributed by atoms with Gasteiger partial charge in [-0.15, -0.1) is 0 Å². The third-order valence-corrected chi connectivity index (χ3v) is 7.78. The lowest BCUT2D eigenvalue weighted by atomic mass is 9.81. The van der Waals surface area contributed by atoms with Crippen molar-refractivity contribution >= 4 is 28.9 Å². The van der Waals surface area contributed by atoms with Crippen molar-refractivity contribution in [2.24, 2.45) is 0 Å². The molecule has 36 heavy (non-hydrogen) atoms. The predicted octanol–water partition coefficient (Wildman–Crippen LogP) is 3.22. The molecule has 194 valence electrons. The molecule has 0 spiro atoms. The highest BCUT2D eigenvalue weighted by Crippen LogP contribution is 2.45. The lowest BCUT2D eigenvalue weighted by Gasteiger charge is -2.54. The van der Waals surface area contributed by atoms with Crippen LogP contribution in [0.5, 0.6) is 0 Å². The van der Waals surface area contributed by atoms with E-state index in [1.807, 2.05) is 51.0 Å². The Kier molecular flexibility index (Phi) is 5.76. The van der Waals surface area contributed by atoms with E-state index in [0.717, 1.165) is 24.2 Å². The smallest absolute Gasteiger partial charge is 0.410 e. The van der Waals surface area contributed by atoms with Crippen LogP contribution in [0.15, 0.2) is 4.79 Å². The lowest BCUT2D eigenvalue weighted by molar-refractivity contribution is -0.144. The summed E-state index contributed by atoms with van der Waals surface area (Å²) in [5.41, 5.74) is 2.75. The van der Waals surface area contributed by atoms with Crippen molar-refractivity contribution < 1.29 is 19.1 Å². The molecule has 2 aromatic heterocycles. The predicted molar refractivity (Wildman–Crippen MR) is 134 cm³/mol. The molecule has 5 rings (SSSR count). The number of esters is 1. The Morgan fingerprint density at radius 1 is 1.03 bits per heavy atom. The number of pyridine rings is 1. The van der Waals surface area contributed by atoms with Crippen LogP contribution in [0.3, 0.4) is 0 Å². The fourth-order valence-electron chi connectivity index (χ4n) is 5.89. The quantitative estimate of drug-likeness (QED) is 0.582. The number of ether oxygens (including phenoxy) is 2. The van der Waals surface area contributed by atoms with Gasteiger partial charge in [-0.2, -0.15) is 0 Å². The average molecular weight is 498 g/mol. The molecule has 0 aromatic carbocycles. The van der Waals surface area contributed by atoms with Gasteiger partial charge >= 0.3 is 12.1 Å². The van der Waals surface area contributed by atoms with Crippen molar-refractivity contribution in [3.63, 3.8) is 0 Å². The molecule has 1 aliphatic carbocycles. The van der Waals surface area contributed by atoms with E-state index in [2.05, 4.69) is 9.88 Å². The topological polar surface area (TPSA) is 107 Å². The summed E-state index contributed by atoms with van der Waals surface area (Å²) in [4.78, 5) is 53.1. The number of hydrogen-bond donors (Lipinski definition) is 0. The minimum Gasteiger partial charge on any atom is -0.467 e. The van der Waals surface area contributed by atoms with Gasteiger partial charge in [-0.25, -0.2) is 19.6 Å². The van der Waals surface area contributed by atoms with Crippen molar-refractivity contribution in [3.8, 4) is 0 Å². The van der Waals surface area contributed by atoms with Crippen molar-refractivity contribution in [2.45, 2.75) is 90.4 Å². The maximum Gasteiger partial charge on any atom is 0.410 e. The van der Waals surface area contributed by atoms with Crippen LogP contribution in [-0.2, 0) is 14.3 Å². The van der Waals surface area contributed by atoms with E-state index in [4.69, 9.17) is 14.5 Å². The fourth-order valence-corrected chi connectivity index (χ4v) is 5.89. The van der Waals surface area contributed by atoms with E-state index in [9.17, 15) is 14.4 Å². The van der Waals surface area contributed by atoms with Gasteiger partial charge in [0.25, 0.3) is 0 Å². The number of aryl methyl sites for hydroxylation is 2. The monoisotopic (exact) mass is 497 g/mol. The lowest BCUT2D eigenvalue weighted by Crippen LogP contribution is -2.67. The summed E-state index contributed by atoms with van der Waals surface area (Å²) >= 11 is 0. The first-order chi connectivity index (χ1) is 16.9. The van der Waals surface area contributed by atoms with Crippen LogP contribution in [0.25, 0.3) is 11.2 Å². The summed E-state index contributed by atoms with van der Waals surface area (Å²) in [5, 5.41) is 0. The van der Waals surface area contributed by atoms with Crippen molar-refractivity contribution in [1.29, 1.82) is 0 Å². The van der Waals surface area contributed by atoms with E-state index in [-0.39, 0.29) is 41.0 Å². The maximum absolute atomic E-state index is 14.0. The molecular formula is C26H35N5O5. The van der Waals surface area contributed by atoms with Gasteiger partial charge in [-0.1, -0.05) is 6.92 Å². The zero-order chi connectivity index (χ0) is 26.1. The second kappa shape index (κ2) is 8.45. The second-order valence-corrected chi connectivity index (χ2v) is 11.3. The van der Waals surface area contributed by atoms with Crippen molar-refractivity contribution in [2.75, 3.05) is 25.1 Å². The maximum atomic E-state index is 14.0. The number of piperazine rings is 1. The van der Waals surface area contributed by atoms with Gasteiger partial charge in [0.2, 0.25) is 5.43 Å². The van der Waals surface area contributed by atoms with Crippen LogP contribution in [-0.4, -0.2) is 69.4 Å². The van der Waals surface area contributed by atoms with Crippen LogP contribution in [0.1, 0.15) is 76.0 Å². The number of methoxy groups -OCH3 is 1. The molecule has 2 fully saturated rings. The van der Waals surface area contributed by atoms with E-state index < -0.39 is 11.6 Å². The molecule has 4 atom stereocenters. The number of aromatic nitrogens is 3. The van der Waals surface area contributed by atoms with E-state index in [1.54, 1.807) is 0 Å². The third-order valence-electron chi connectivity index (χ3n) is 7.78. The highest BCUT2D eigenvalue weighted by molar-refractivity contribution is 5.84. The van der Waals surface area contributed by atoms with Gasteiger partial charge < -0.3 is 23.8 Å². The Morgan fingerprint density at radius 2 is 1.69 bits per heavy atom. The molecule has 0 radical (unpaired) electrons. The van der Waals surface area contributed by atoms with E-state index in [0.29, 0.717) is 36.5 Å². The Balaban J connectivity index is 1.64. The minimum atomic E-state index is -0.571. The molecule has 10 nitrogen and oxygen atoms in total. The van der Waals surface area contributed by atoms with Crippen LogP contribution in [0.2, 0.25) is 0 Å². The zero-order valence-electron chi connectivity index (χ0n) is 22.1. The molecule has 1 saturated heterocycles. The number of fused-ring (bicyclic) bond motifs is 4. The third kappa shape index (κ3) is 3.72. The molecule has 4 heterocycles. The number of hydrogen-bond acceptors (Lipinski definition) is 8. The van der Waals surface area contributed by atoms with E-state index >= 15 is 0 Å². The molecule has 0 bridgehead atoms. The number of amides is 1. The Bertz CT molecular complexity index is 1310. The number of carbonyl (C=O) groups excluding carboxylic acids is 2. The normalized spacial score (nSPS) is 25.3. The van der Waals surface area contributed by atoms with Crippen LogP contribution < -0.4 is 10.3 Å². The molecule has 1 saturated carbocycles. The first kappa shape index (κ1) is 24.5. The standard InChI is InChI=1S/C26H35N5O5/c1-13-12-18(24(33)35-7)31-20(13)21(22(32)19-23(31)28-15(3)14(2)27-19)29-10-11-30(17-9-8-16(17)29)25(34)36-26(4,5)6/h13,16-18H,8-12H2,1-7H3/t13-,16+,17+,18-/m1/s1. The molecule has 1 amide bonds. The highest BCUT2D eigenvalue weighted by atomic mass is 16.6. The molecule has 0 N–H and O–H groups in total. The summed E-state index contributed by atoms with van der Waals surface area (Å²) in [6.07, 6.45) is 1.94. The van der Waals surface area contributed by atoms with Gasteiger partial charge in [0.1, 0.15) is 17.3 Å². The number of carbonyl (C=O) groups is 2. The minimum absolute atomic E-state index is 0.00463. The van der Waals surface area contributed by atoms with Crippen molar-refractivity contribution in [3.05, 3.63) is 27.3 Å². The first-order valence-electron chi connectivity index (χ1n) is 12.7. The van der Waals surface area contributed by atoms with Gasteiger partial charge in [-0.3, -0.25) is 4.79 Å². The number of anilines is 1. The fraction of sp³-hybridized carbons (Fsp3) is 0.654. The van der Waals surface area contributed by atoms with Crippen molar-refractivity contribution in [1.82, 2.24) is 19.4 Å². The summed E-state index contributed by atoms with van der Waals surface area (Å²) < 4.78 is 12.7. The summed E-state index contributed by atoms with van der Waals surface area (Å²) in [7, 11) is 1.38. The molecular weight excluding hydrogens is 462 g/mol. The molecule has 3 aliphatic rings. The second-order valence-electron chi connectivity index (χ2n) is 11.3. The molecule has 2 aromatic rings. The summed E-state index contributed by atoms with van der Waals surface area (Å²) in [5.74, 6) is -0.403. The summed E-state index contributed by atoms with van der Waals surface area (Å²) in [6.45, 7) is 12.3. The number of rotatable bonds is 2. The Hall–Kier alpha value is -3.17. The van der Waals surface area contributed by atoms with Crippen LogP contribution in [0, 0.1) is 13.8 Å². The Morgan fingerprint density at radius 3 is 2.31 bits per heavy atom. The average Bonchev–Trinajstić information content (AvgIpc) is 3.11. The SMILES string of the molecule is COC(=O)[C@H]1C[C@@H](C)c2c(N3CCN(C(=O)OC(C)(C)C)[C@H]4CC[C@@H]43)c(=O)c3nc(C)c(C)nc3n21. The van der Waals surface area contributed by atoms with Gasteiger partial charge in [0.15, 0.2) is 11.2 Å². The molecule has 2 aliphatic heterocycles. The zero-order valence-corrected chi connectivity index (χ0v) is 22.1. The van der Waals surface area contributed by atoms with Gasteiger partial charge in [0.05, 0.1) is 30.2 Å².